The highest BCUT2D eigenvalue weighted by atomic mass is 16.2. The molecule has 0 atom stereocenters. The van der Waals surface area contributed by atoms with Gasteiger partial charge >= 0.3 is 0 Å². The van der Waals surface area contributed by atoms with Crippen molar-refractivity contribution >= 4 is 5.91 Å². The average molecular weight is 239 g/mol. The molecule has 2 nitrogen and oxygen atoms in total. The average Bonchev–Trinajstić information content (AvgIpc) is 2.31. The summed E-state index contributed by atoms with van der Waals surface area (Å²) in [4.78, 5) is 13.6. The Labute approximate surface area is 107 Å². The van der Waals surface area contributed by atoms with E-state index in [1.165, 1.54) is 19.3 Å². The molecular weight excluding hydrogens is 210 g/mol. The number of allylic oxidation sites excluding steroid dienone is 1. The first-order chi connectivity index (χ1) is 8.02. The number of rotatable bonds is 9. The number of carbonyl (C=O) groups excluding carboxylic acids is 1. The largest absolute Gasteiger partial charge is 0.317 e. The molecule has 0 aliphatic heterocycles. The summed E-state index contributed by atoms with van der Waals surface area (Å²) in [6, 6.07) is 0. The number of hydrogen-bond donors (Lipinski definition) is 0. The maximum atomic E-state index is 11.7. The van der Waals surface area contributed by atoms with Crippen molar-refractivity contribution in [1.29, 1.82) is 0 Å². The zero-order valence-electron chi connectivity index (χ0n) is 12.1. The fraction of sp³-hybridized carbons (Fsp3) is 0.800. The van der Waals surface area contributed by atoms with Gasteiger partial charge in [0.2, 0.25) is 5.91 Å². The first-order valence-corrected chi connectivity index (χ1v) is 7.01. The predicted octanol–water partition coefficient (Wildman–Crippen LogP) is 4.37. The molecule has 0 aromatic carbocycles. The number of nitrogens with zero attached hydrogens (tertiary/aromatic N) is 1. The summed E-state index contributed by atoms with van der Waals surface area (Å²) < 4.78 is 0. The van der Waals surface area contributed by atoms with Gasteiger partial charge in [-0.1, -0.05) is 53.5 Å². The lowest BCUT2D eigenvalue weighted by Gasteiger charge is -2.23. The highest BCUT2D eigenvalue weighted by Crippen LogP contribution is 2.13. The van der Waals surface area contributed by atoms with Gasteiger partial charge in [0, 0.05) is 18.7 Å². The highest BCUT2D eigenvalue weighted by Gasteiger charge is 2.12. The molecule has 0 N–H and O–H groups in total. The Balaban J connectivity index is 3.93. The maximum Gasteiger partial charge on any atom is 0.226 e. The van der Waals surface area contributed by atoms with Crippen LogP contribution in [0.15, 0.2) is 12.3 Å². The summed E-state index contributed by atoms with van der Waals surface area (Å²) in [6.07, 6.45) is 6.30. The van der Waals surface area contributed by atoms with Gasteiger partial charge in [0.05, 0.1) is 0 Å². The van der Waals surface area contributed by atoms with Crippen LogP contribution in [0.2, 0.25) is 0 Å². The van der Waals surface area contributed by atoms with Crippen LogP contribution < -0.4 is 0 Å². The third-order valence-electron chi connectivity index (χ3n) is 3.06. The molecule has 0 aliphatic carbocycles. The second-order valence-corrected chi connectivity index (χ2v) is 5.06. The van der Waals surface area contributed by atoms with Gasteiger partial charge in [0.15, 0.2) is 0 Å². The summed E-state index contributed by atoms with van der Waals surface area (Å²) >= 11 is 0. The van der Waals surface area contributed by atoms with E-state index in [0.29, 0.717) is 6.42 Å². The zero-order valence-corrected chi connectivity index (χ0v) is 12.1. The van der Waals surface area contributed by atoms with Crippen molar-refractivity contribution in [2.45, 2.75) is 66.2 Å². The Morgan fingerprint density at radius 2 is 1.76 bits per heavy atom. The molecule has 0 saturated heterocycles. The van der Waals surface area contributed by atoms with Crippen molar-refractivity contribution in [2.75, 3.05) is 6.54 Å². The van der Waals surface area contributed by atoms with Crippen LogP contribution in [0.25, 0.3) is 0 Å². The minimum Gasteiger partial charge on any atom is -0.317 e. The van der Waals surface area contributed by atoms with E-state index in [2.05, 4.69) is 27.4 Å². The molecule has 0 spiro atoms. The molecule has 0 aromatic heterocycles. The van der Waals surface area contributed by atoms with Crippen molar-refractivity contribution in [3.05, 3.63) is 12.3 Å². The molecule has 0 bridgehead atoms. The summed E-state index contributed by atoms with van der Waals surface area (Å²) in [5.74, 6) is 0.995. The minimum atomic E-state index is 0.209. The van der Waals surface area contributed by atoms with Crippen molar-refractivity contribution < 1.29 is 4.79 Å². The number of carbonyl (C=O) groups is 1. The molecule has 100 valence electrons. The monoisotopic (exact) mass is 239 g/mol. The quantitative estimate of drug-likeness (QED) is 0.547. The van der Waals surface area contributed by atoms with Crippen molar-refractivity contribution in [3.8, 4) is 0 Å². The van der Waals surface area contributed by atoms with E-state index in [1.807, 2.05) is 11.8 Å². The van der Waals surface area contributed by atoms with Gasteiger partial charge in [-0.2, -0.15) is 0 Å². The topological polar surface area (TPSA) is 20.3 Å². The number of unbranched alkanes of at least 4 members (excludes halogenated alkanes) is 2. The first-order valence-electron chi connectivity index (χ1n) is 7.01. The Morgan fingerprint density at radius 3 is 2.24 bits per heavy atom. The SMILES string of the molecule is C=C(CC)N(CCCCCC(C)C)C(=O)CC. The Hall–Kier alpha value is -0.790. The molecule has 0 heterocycles. The molecule has 0 unspecified atom stereocenters. The molecule has 0 radical (unpaired) electrons. The van der Waals surface area contributed by atoms with Crippen molar-refractivity contribution in [2.24, 2.45) is 5.92 Å². The Bertz CT molecular complexity index is 217. The van der Waals surface area contributed by atoms with Gasteiger partial charge in [-0.05, 0) is 18.8 Å². The minimum absolute atomic E-state index is 0.209. The molecule has 2 heteroatoms. The zero-order chi connectivity index (χ0) is 13.3. The lowest BCUT2D eigenvalue weighted by molar-refractivity contribution is -0.129. The molecular formula is C15H29NO. The molecule has 1 amide bonds. The molecule has 0 aliphatic rings. The van der Waals surface area contributed by atoms with Crippen LogP contribution in [0.4, 0.5) is 0 Å². The van der Waals surface area contributed by atoms with Gasteiger partial charge in [-0.15, -0.1) is 0 Å². The molecule has 0 rings (SSSR count). The second-order valence-electron chi connectivity index (χ2n) is 5.06. The van der Waals surface area contributed by atoms with Gasteiger partial charge in [0.25, 0.3) is 0 Å². The van der Waals surface area contributed by atoms with E-state index in [0.717, 1.165) is 31.0 Å². The lowest BCUT2D eigenvalue weighted by atomic mass is 10.1. The Kier molecular flexibility index (Phi) is 8.83. The number of hydrogen-bond acceptors (Lipinski definition) is 1. The van der Waals surface area contributed by atoms with E-state index in [9.17, 15) is 4.79 Å². The normalized spacial score (nSPS) is 10.6. The van der Waals surface area contributed by atoms with Crippen molar-refractivity contribution in [1.82, 2.24) is 4.90 Å². The highest BCUT2D eigenvalue weighted by molar-refractivity contribution is 5.77. The first kappa shape index (κ1) is 16.2. The molecule has 17 heavy (non-hydrogen) atoms. The molecule has 0 aromatic rings. The van der Waals surface area contributed by atoms with E-state index < -0.39 is 0 Å². The summed E-state index contributed by atoms with van der Waals surface area (Å²) in [5.41, 5.74) is 0.959. The van der Waals surface area contributed by atoms with Crippen LogP contribution in [0.5, 0.6) is 0 Å². The van der Waals surface area contributed by atoms with Crippen LogP contribution in [-0.4, -0.2) is 17.4 Å². The third-order valence-corrected chi connectivity index (χ3v) is 3.06. The smallest absolute Gasteiger partial charge is 0.226 e. The summed E-state index contributed by atoms with van der Waals surface area (Å²) in [6.45, 7) is 13.3. The van der Waals surface area contributed by atoms with Crippen molar-refractivity contribution in [3.63, 3.8) is 0 Å². The fourth-order valence-electron chi connectivity index (χ4n) is 1.84. The second kappa shape index (κ2) is 9.26. The predicted molar refractivity (Wildman–Crippen MR) is 74.7 cm³/mol. The van der Waals surface area contributed by atoms with Crippen LogP contribution in [-0.2, 0) is 4.79 Å². The van der Waals surface area contributed by atoms with Crippen LogP contribution in [0.1, 0.15) is 66.2 Å². The van der Waals surface area contributed by atoms with E-state index in [4.69, 9.17) is 0 Å². The van der Waals surface area contributed by atoms with Gasteiger partial charge < -0.3 is 4.90 Å². The van der Waals surface area contributed by atoms with E-state index in [-0.39, 0.29) is 5.91 Å². The lowest BCUT2D eigenvalue weighted by Crippen LogP contribution is -2.30. The fourth-order valence-corrected chi connectivity index (χ4v) is 1.84. The standard InChI is InChI=1S/C15H29NO/c1-6-14(5)16(15(17)7-2)12-10-8-9-11-13(3)4/h13H,5-12H2,1-4H3. The summed E-state index contributed by atoms with van der Waals surface area (Å²) in [5, 5.41) is 0. The van der Waals surface area contributed by atoms with Gasteiger partial charge in [-0.3, -0.25) is 4.79 Å². The van der Waals surface area contributed by atoms with Gasteiger partial charge in [0.1, 0.15) is 0 Å². The number of amides is 1. The molecule has 0 saturated carbocycles. The van der Waals surface area contributed by atoms with Crippen LogP contribution in [0, 0.1) is 5.92 Å². The van der Waals surface area contributed by atoms with E-state index >= 15 is 0 Å². The van der Waals surface area contributed by atoms with E-state index in [1.54, 1.807) is 0 Å². The summed E-state index contributed by atoms with van der Waals surface area (Å²) in [7, 11) is 0. The Morgan fingerprint density at radius 1 is 1.12 bits per heavy atom. The third kappa shape index (κ3) is 7.19. The van der Waals surface area contributed by atoms with Gasteiger partial charge in [-0.25, -0.2) is 0 Å². The van der Waals surface area contributed by atoms with Crippen LogP contribution in [0.3, 0.4) is 0 Å². The maximum absolute atomic E-state index is 11.7. The van der Waals surface area contributed by atoms with Crippen LogP contribution >= 0.6 is 0 Å². The molecule has 0 fully saturated rings.